The summed E-state index contributed by atoms with van der Waals surface area (Å²) in [6.45, 7) is 4.67. The first-order valence-corrected chi connectivity index (χ1v) is 7.48. The van der Waals surface area contributed by atoms with Crippen molar-refractivity contribution in [1.29, 1.82) is 0 Å². The van der Waals surface area contributed by atoms with Crippen molar-refractivity contribution >= 4 is 29.4 Å². The quantitative estimate of drug-likeness (QED) is 0.509. The second-order valence-electron chi connectivity index (χ2n) is 5.15. The van der Waals surface area contributed by atoms with E-state index in [9.17, 15) is 14.9 Å². The third-order valence-electron chi connectivity index (χ3n) is 3.50. The Balaban J connectivity index is 2.12. The molecule has 1 amide bonds. The molecule has 0 saturated carbocycles. The van der Waals surface area contributed by atoms with Crippen molar-refractivity contribution in [2.75, 3.05) is 0 Å². The summed E-state index contributed by atoms with van der Waals surface area (Å²) in [5.41, 5.74) is 3.53. The highest BCUT2D eigenvalue weighted by atomic mass is 35.5. The molecule has 126 valence electrons. The number of carbonyl (C=O) groups is 1. The molecule has 2 aromatic rings. The fourth-order valence-electron chi connectivity index (χ4n) is 2.25. The van der Waals surface area contributed by atoms with Crippen LogP contribution in [0, 0.1) is 24.0 Å². The van der Waals surface area contributed by atoms with Crippen LogP contribution in [0.2, 0.25) is 5.02 Å². The standard InChI is InChI=1S/C15H16ClN5O3/c1-9-14(21(23)24)10(2)20(19-9)11(3)15(22)18-17-8-12-6-4-5-7-13(12)16/h4-8,11H,1-3H3,(H,18,22)/b17-8+. The zero-order chi connectivity index (χ0) is 17.9. The number of hydrogen-bond acceptors (Lipinski definition) is 5. The van der Waals surface area contributed by atoms with Gasteiger partial charge in [0, 0.05) is 10.6 Å². The summed E-state index contributed by atoms with van der Waals surface area (Å²) in [7, 11) is 0. The number of rotatable bonds is 5. The van der Waals surface area contributed by atoms with E-state index in [1.165, 1.54) is 17.8 Å². The lowest BCUT2D eigenvalue weighted by Crippen LogP contribution is -2.28. The van der Waals surface area contributed by atoms with E-state index in [2.05, 4.69) is 15.6 Å². The van der Waals surface area contributed by atoms with Crippen LogP contribution in [0.1, 0.15) is 29.9 Å². The van der Waals surface area contributed by atoms with Gasteiger partial charge >= 0.3 is 5.69 Å². The van der Waals surface area contributed by atoms with Crippen molar-refractivity contribution in [2.24, 2.45) is 5.10 Å². The maximum atomic E-state index is 12.2. The maximum Gasteiger partial charge on any atom is 0.312 e. The molecule has 2 rings (SSSR count). The van der Waals surface area contributed by atoms with E-state index in [-0.39, 0.29) is 11.4 Å². The second-order valence-corrected chi connectivity index (χ2v) is 5.56. The van der Waals surface area contributed by atoms with Crippen LogP contribution in [0.5, 0.6) is 0 Å². The maximum absolute atomic E-state index is 12.2. The zero-order valence-electron chi connectivity index (χ0n) is 13.4. The molecule has 0 radical (unpaired) electrons. The fraction of sp³-hybridized carbons (Fsp3) is 0.267. The lowest BCUT2D eigenvalue weighted by molar-refractivity contribution is -0.386. The van der Waals surface area contributed by atoms with E-state index < -0.39 is 16.9 Å². The lowest BCUT2D eigenvalue weighted by Gasteiger charge is -2.11. The molecule has 9 heteroatoms. The molecule has 1 N–H and O–H groups in total. The van der Waals surface area contributed by atoms with Gasteiger partial charge in [0.05, 0.1) is 11.1 Å². The van der Waals surface area contributed by atoms with E-state index in [0.717, 1.165) is 0 Å². The molecule has 0 saturated heterocycles. The topological polar surface area (TPSA) is 102 Å². The van der Waals surface area contributed by atoms with Crippen LogP contribution in [0.3, 0.4) is 0 Å². The number of halogens is 1. The Hall–Kier alpha value is -2.74. The predicted molar refractivity (Wildman–Crippen MR) is 90.3 cm³/mol. The molecule has 1 heterocycles. The summed E-state index contributed by atoms with van der Waals surface area (Å²) >= 11 is 5.99. The molecule has 0 bridgehead atoms. The Bertz CT molecular complexity index is 815. The van der Waals surface area contributed by atoms with Gasteiger partial charge in [-0.15, -0.1) is 0 Å². The highest BCUT2D eigenvalue weighted by Gasteiger charge is 2.26. The molecule has 0 fully saturated rings. The predicted octanol–water partition coefficient (Wildman–Crippen LogP) is 2.77. The van der Waals surface area contributed by atoms with Crippen molar-refractivity contribution in [2.45, 2.75) is 26.8 Å². The molecule has 24 heavy (non-hydrogen) atoms. The first-order valence-electron chi connectivity index (χ1n) is 7.10. The highest BCUT2D eigenvalue weighted by Crippen LogP contribution is 2.24. The van der Waals surface area contributed by atoms with Crippen LogP contribution in [0.15, 0.2) is 29.4 Å². The first kappa shape index (κ1) is 17.6. The Morgan fingerprint density at radius 1 is 1.46 bits per heavy atom. The van der Waals surface area contributed by atoms with Gasteiger partial charge in [0.25, 0.3) is 5.91 Å². The average Bonchev–Trinajstić information content (AvgIpc) is 2.83. The number of aryl methyl sites for hydroxylation is 1. The zero-order valence-corrected chi connectivity index (χ0v) is 14.1. The Labute approximate surface area is 143 Å². The number of aromatic nitrogens is 2. The van der Waals surface area contributed by atoms with Crippen LogP contribution < -0.4 is 5.43 Å². The number of hydrogen-bond donors (Lipinski definition) is 1. The van der Waals surface area contributed by atoms with Crippen LogP contribution in [-0.4, -0.2) is 26.8 Å². The highest BCUT2D eigenvalue weighted by molar-refractivity contribution is 6.33. The molecule has 0 spiro atoms. The van der Waals surface area contributed by atoms with E-state index in [0.29, 0.717) is 16.3 Å². The number of hydrazone groups is 1. The van der Waals surface area contributed by atoms with E-state index in [1.807, 2.05) is 0 Å². The minimum atomic E-state index is -0.749. The Morgan fingerprint density at radius 2 is 2.12 bits per heavy atom. The van der Waals surface area contributed by atoms with Crippen molar-refractivity contribution < 1.29 is 9.72 Å². The van der Waals surface area contributed by atoms with E-state index >= 15 is 0 Å². The summed E-state index contributed by atoms with van der Waals surface area (Å²) in [6, 6.07) is 6.30. The average molecular weight is 350 g/mol. The van der Waals surface area contributed by atoms with Crippen LogP contribution in [0.4, 0.5) is 5.69 Å². The van der Waals surface area contributed by atoms with Gasteiger partial charge in [0.1, 0.15) is 17.4 Å². The number of benzene rings is 1. The molecule has 1 atom stereocenters. The largest absolute Gasteiger partial charge is 0.312 e. The van der Waals surface area contributed by atoms with Gasteiger partial charge in [-0.25, -0.2) is 5.43 Å². The van der Waals surface area contributed by atoms with Crippen LogP contribution >= 0.6 is 11.6 Å². The Morgan fingerprint density at radius 3 is 2.71 bits per heavy atom. The number of amides is 1. The van der Waals surface area contributed by atoms with E-state index in [4.69, 9.17) is 11.6 Å². The molecule has 1 aromatic carbocycles. The van der Waals surface area contributed by atoms with Gasteiger partial charge in [-0.2, -0.15) is 10.2 Å². The monoisotopic (exact) mass is 349 g/mol. The third-order valence-corrected chi connectivity index (χ3v) is 3.84. The van der Waals surface area contributed by atoms with Crippen molar-refractivity contribution in [1.82, 2.24) is 15.2 Å². The summed E-state index contributed by atoms with van der Waals surface area (Å²) in [6.07, 6.45) is 1.43. The summed E-state index contributed by atoms with van der Waals surface area (Å²) < 4.78 is 1.31. The van der Waals surface area contributed by atoms with E-state index in [1.54, 1.807) is 38.1 Å². The number of nitrogens with zero attached hydrogens (tertiary/aromatic N) is 4. The van der Waals surface area contributed by atoms with Gasteiger partial charge in [0.15, 0.2) is 0 Å². The number of nitrogens with one attached hydrogen (secondary N) is 1. The molecule has 0 aliphatic rings. The molecule has 0 aliphatic heterocycles. The fourth-order valence-corrected chi connectivity index (χ4v) is 2.43. The van der Waals surface area contributed by atoms with Crippen molar-refractivity contribution in [3.05, 3.63) is 56.4 Å². The first-order chi connectivity index (χ1) is 11.3. The van der Waals surface area contributed by atoms with Crippen LogP contribution in [0.25, 0.3) is 0 Å². The molecule has 0 aliphatic carbocycles. The minimum Gasteiger partial charge on any atom is -0.271 e. The summed E-state index contributed by atoms with van der Waals surface area (Å²) in [5, 5.41) is 19.5. The molecule has 1 aromatic heterocycles. The SMILES string of the molecule is Cc1nn(C(C)C(=O)N/N=C/c2ccccc2Cl)c(C)c1[N+](=O)[O-]. The smallest absolute Gasteiger partial charge is 0.271 e. The Kier molecular flexibility index (Phi) is 5.30. The second kappa shape index (κ2) is 7.22. The molecule has 8 nitrogen and oxygen atoms in total. The van der Waals surface area contributed by atoms with Gasteiger partial charge in [-0.05, 0) is 26.8 Å². The minimum absolute atomic E-state index is 0.0887. The van der Waals surface area contributed by atoms with Gasteiger partial charge in [-0.3, -0.25) is 19.6 Å². The lowest BCUT2D eigenvalue weighted by atomic mass is 10.2. The van der Waals surface area contributed by atoms with Crippen molar-refractivity contribution in [3.8, 4) is 0 Å². The molecular formula is C15H16ClN5O3. The molecular weight excluding hydrogens is 334 g/mol. The summed E-state index contributed by atoms with van der Waals surface area (Å²) in [5.74, 6) is -0.446. The number of carbonyl (C=O) groups excluding carboxylic acids is 1. The number of nitro groups is 1. The normalized spacial score (nSPS) is 12.3. The van der Waals surface area contributed by atoms with Crippen LogP contribution in [-0.2, 0) is 4.79 Å². The van der Waals surface area contributed by atoms with Gasteiger partial charge in [0.2, 0.25) is 0 Å². The van der Waals surface area contributed by atoms with Gasteiger partial charge in [-0.1, -0.05) is 29.8 Å². The van der Waals surface area contributed by atoms with Gasteiger partial charge < -0.3 is 0 Å². The van der Waals surface area contributed by atoms with Crippen molar-refractivity contribution in [3.63, 3.8) is 0 Å². The third kappa shape index (κ3) is 3.60. The summed E-state index contributed by atoms with van der Waals surface area (Å²) in [4.78, 5) is 22.7. The molecule has 1 unspecified atom stereocenters.